The Labute approximate surface area is 192 Å². The molecule has 0 bridgehead atoms. The highest BCUT2D eigenvalue weighted by molar-refractivity contribution is 7.89. The third kappa shape index (κ3) is 5.12. The lowest BCUT2D eigenvalue weighted by molar-refractivity contribution is -0.126. The first-order valence-electron chi connectivity index (χ1n) is 10.7. The molecule has 1 aliphatic heterocycles. The van der Waals surface area contributed by atoms with Gasteiger partial charge in [0, 0.05) is 19.0 Å². The average molecular weight is 471 g/mol. The molecule has 172 valence electrons. The molecule has 4 rings (SSSR count). The molecule has 0 aliphatic carbocycles. The number of halogens is 2. The van der Waals surface area contributed by atoms with Crippen LogP contribution in [0.4, 0.5) is 8.78 Å². The fraction of sp³-hybridized carbons (Fsp3) is 0.240. The first kappa shape index (κ1) is 23.1. The van der Waals surface area contributed by atoms with Gasteiger partial charge in [0.1, 0.15) is 16.5 Å². The Balaban J connectivity index is 1.46. The maximum Gasteiger partial charge on any atom is 0.246 e. The predicted octanol–water partition coefficient (Wildman–Crippen LogP) is 4.27. The van der Waals surface area contributed by atoms with Crippen LogP contribution in [0.5, 0.6) is 0 Å². The van der Waals surface area contributed by atoms with Gasteiger partial charge in [0.25, 0.3) is 0 Å². The van der Waals surface area contributed by atoms with E-state index < -0.39 is 26.6 Å². The van der Waals surface area contributed by atoms with Crippen molar-refractivity contribution < 1.29 is 22.0 Å². The molecule has 5 nitrogen and oxygen atoms in total. The van der Waals surface area contributed by atoms with Gasteiger partial charge < -0.3 is 5.32 Å². The molecule has 0 unspecified atom stereocenters. The van der Waals surface area contributed by atoms with Crippen LogP contribution >= 0.6 is 0 Å². The van der Waals surface area contributed by atoms with E-state index in [1.54, 1.807) is 0 Å². The zero-order valence-electron chi connectivity index (χ0n) is 17.8. The predicted molar refractivity (Wildman–Crippen MR) is 121 cm³/mol. The minimum Gasteiger partial charge on any atom is -0.345 e. The quantitative estimate of drug-likeness (QED) is 0.585. The number of amides is 1. The van der Waals surface area contributed by atoms with Crippen molar-refractivity contribution in [2.24, 2.45) is 5.92 Å². The molecular weight excluding hydrogens is 446 g/mol. The van der Waals surface area contributed by atoms with Gasteiger partial charge in [-0.25, -0.2) is 17.2 Å². The number of nitrogens with one attached hydrogen (secondary N) is 1. The smallest absolute Gasteiger partial charge is 0.246 e. The molecular formula is C25H24F2N2O3S. The Morgan fingerprint density at radius 3 is 1.97 bits per heavy atom. The van der Waals surface area contributed by atoms with Crippen LogP contribution in [-0.4, -0.2) is 31.7 Å². The third-order valence-electron chi connectivity index (χ3n) is 5.89. The van der Waals surface area contributed by atoms with Gasteiger partial charge in [0.15, 0.2) is 0 Å². The van der Waals surface area contributed by atoms with Crippen molar-refractivity contribution in [3.05, 3.63) is 102 Å². The van der Waals surface area contributed by atoms with Gasteiger partial charge in [0.2, 0.25) is 15.9 Å². The normalized spacial score (nSPS) is 15.5. The van der Waals surface area contributed by atoms with E-state index >= 15 is 0 Å². The summed E-state index contributed by atoms with van der Waals surface area (Å²) >= 11 is 0. The molecule has 3 aromatic carbocycles. The molecule has 3 aromatic rings. The molecule has 1 amide bonds. The number of sulfonamides is 1. The summed E-state index contributed by atoms with van der Waals surface area (Å²) in [6.45, 7) is 0.107. The molecule has 0 atom stereocenters. The van der Waals surface area contributed by atoms with Crippen molar-refractivity contribution >= 4 is 15.9 Å². The van der Waals surface area contributed by atoms with Gasteiger partial charge in [-0.15, -0.1) is 0 Å². The molecule has 1 N–H and O–H groups in total. The molecule has 1 fully saturated rings. The molecule has 0 aromatic heterocycles. The Kier molecular flexibility index (Phi) is 6.85. The van der Waals surface area contributed by atoms with E-state index in [1.165, 1.54) is 0 Å². The summed E-state index contributed by atoms with van der Waals surface area (Å²) in [5.74, 6) is -2.37. The summed E-state index contributed by atoms with van der Waals surface area (Å²) in [6, 6.07) is 21.3. The lowest BCUT2D eigenvalue weighted by atomic mass is 9.94. The Morgan fingerprint density at radius 1 is 0.879 bits per heavy atom. The van der Waals surface area contributed by atoms with E-state index in [1.807, 2.05) is 60.7 Å². The molecule has 1 saturated heterocycles. The minimum absolute atomic E-state index is 0.0533. The largest absolute Gasteiger partial charge is 0.345 e. The van der Waals surface area contributed by atoms with Gasteiger partial charge in [-0.2, -0.15) is 4.31 Å². The maximum atomic E-state index is 14.1. The van der Waals surface area contributed by atoms with Crippen molar-refractivity contribution in [1.82, 2.24) is 9.62 Å². The Morgan fingerprint density at radius 2 is 1.42 bits per heavy atom. The first-order valence-corrected chi connectivity index (χ1v) is 12.2. The van der Waals surface area contributed by atoms with E-state index in [2.05, 4.69) is 5.32 Å². The highest BCUT2D eigenvalue weighted by atomic mass is 32.2. The van der Waals surface area contributed by atoms with E-state index in [4.69, 9.17) is 0 Å². The van der Waals surface area contributed by atoms with Crippen molar-refractivity contribution in [3.63, 3.8) is 0 Å². The zero-order valence-corrected chi connectivity index (χ0v) is 18.6. The van der Waals surface area contributed by atoms with E-state index in [0.29, 0.717) is 6.07 Å². The maximum absolute atomic E-state index is 14.1. The number of nitrogens with zero attached hydrogens (tertiary/aromatic N) is 1. The molecule has 33 heavy (non-hydrogen) atoms. The lowest BCUT2D eigenvalue weighted by Crippen LogP contribution is -2.44. The summed E-state index contributed by atoms with van der Waals surface area (Å²) in [6.07, 6.45) is 0.580. The first-order chi connectivity index (χ1) is 15.9. The second-order valence-corrected chi connectivity index (χ2v) is 9.92. The van der Waals surface area contributed by atoms with Crippen molar-refractivity contribution in [1.29, 1.82) is 0 Å². The molecule has 0 spiro atoms. The fourth-order valence-corrected chi connectivity index (χ4v) is 5.63. The summed E-state index contributed by atoms with van der Waals surface area (Å²) in [7, 11) is -4.19. The minimum atomic E-state index is -4.19. The van der Waals surface area contributed by atoms with E-state index in [9.17, 15) is 22.0 Å². The number of piperidine rings is 1. The molecule has 0 saturated carbocycles. The average Bonchev–Trinajstić information content (AvgIpc) is 2.85. The fourth-order valence-electron chi connectivity index (χ4n) is 4.08. The third-order valence-corrected chi connectivity index (χ3v) is 7.80. The number of benzene rings is 3. The highest BCUT2D eigenvalue weighted by Crippen LogP contribution is 2.28. The van der Waals surface area contributed by atoms with Crippen LogP contribution in [0.25, 0.3) is 0 Å². The van der Waals surface area contributed by atoms with E-state index in [0.717, 1.165) is 27.6 Å². The van der Waals surface area contributed by atoms with Crippen molar-refractivity contribution in [2.75, 3.05) is 13.1 Å². The van der Waals surface area contributed by atoms with Gasteiger partial charge in [-0.3, -0.25) is 4.79 Å². The molecule has 0 radical (unpaired) electrons. The summed E-state index contributed by atoms with van der Waals surface area (Å²) in [5.41, 5.74) is 1.89. The molecule has 8 heteroatoms. The SMILES string of the molecule is O=C(NC(c1ccccc1)c1ccccc1)C1CCN(S(=O)(=O)c2cc(F)ccc2F)CC1. The van der Waals surface area contributed by atoms with Crippen LogP contribution < -0.4 is 5.32 Å². The lowest BCUT2D eigenvalue weighted by Gasteiger charge is -2.31. The molecule has 1 aliphatic rings. The monoisotopic (exact) mass is 470 g/mol. The van der Waals surface area contributed by atoms with Gasteiger partial charge in [-0.05, 0) is 42.2 Å². The van der Waals surface area contributed by atoms with Crippen LogP contribution in [0, 0.1) is 17.6 Å². The Bertz CT molecular complexity index is 1170. The van der Waals surface area contributed by atoms with Crippen LogP contribution in [0.3, 0.4) is 0 Å². The molecule has 1 heterocycles. The van der Waals surface area contributed by atoms with Crippen LogP contribution in [0.2, 0.25) is 0 Å². The summed E-state index contributed by atoms with van der Waals surface area (Å²) < 4.78 is 54.3. The Hall–Kier alpha value is -3.10. The number of hydrogen-bond acceptors (Lipinski definition) is 3. The van der Waals surface area contributed by atoms with Crippen molar-refractivity contribution in [2.45, 2.75) is 23.8 Å². The standard InChI is InChI=1S/C25H24F2N2O3S/c26-21-11-12-22(27)23(17-21)33(31,32)29-15-13-20(14-16-29)25(30)28-24(18-7-3-1-4-8-18)19-9-5-2-6-10-19/h1-12,17,20,24H,13-16H2,(H,28,30). The van der Waals surface area contributed by atoms with Gasteiger partial charge in [-0.1, -0.05) is 60.7 Å². The number of carbonyl (C=O) groups excluding carboxylic acids is 1. The number of carbonyl (C=O) groups is 1. The topological polar surface area (TPSA) is 66.5 Å². The van der Waals surface area contributed by atoms with Gasteiger partial charge >= 0.3 is 0 Å². The summed E-state index contributed by atoms with van der Waals surface area (Å²) in [4.78, 5) is 12.4. The summed E-state index contributed by atoms with van der Waals surface area (Å²) in [5, 5.41) is 3.10. The zero-order chi connectivity index (χ0) is 23.4. The van der Waals surface area contributed by atoms with Crippen LogP contribution in [-0.2, 0) is 14.8 Å². The van der Waals surface area contributed by atoms with Crippen molar-refractivity contribution in [3.8, 4) is 0 Å². The number of hydrogen-bond donors (Lipinski definition) is 1. The van der Waals surface area contributed by atoms with Crippen LogP contribution in [0.1, 0.15) is 30.0 Å². The van der Waals surface area contributed by atoms with Gasteiger partial charge in [0.05, 0.1) is 6.04 Å². The second-order valence-electron chi connectivity index (χ2n) is 8.02. The number of rotatable bonds is 6. The van der Waals surface area contributed by atoms with Crippen LogP contribution in [0.15, 0.2) is 83.8 Å². The second kappa shape index (κ2) is 9.80. The van der Waals surface area contributed by atoms with E-state index in [-0.39, 0.29) is 43.8 Å². The highest BCUT2D eigenvalue weighted by Gasteiger charge is 2.34.